The predicted octanol–water partition coefficient (Wildman–Crippen LogP) is 4.60. The molecule has 1 atom stereocenters. The predicted molar refractivity (Wildman–Crippen MR) is 130 cm³/mol. The Morgan fingerprint density at radius 3 is 2.37 bits per heavy atom. The van der Waals surface area contributed by atoms with Crippen LogP contribution in [0.15, 0.2) is 72.6 Å². The molecule has 0 aliphatic carbocycles. The van der Waals surface area contributed by atoms with Gasteiger partial charge in [0, 0.05) is 24.5 Å². The minimum absolute atomic E-state index is 0.0537. The van der Waals surface area contributed by atoms with Crippen LogP contribution >= 0.6 is 0 Å². The highest BCUT2D eigenvalue weighted by atomic mass is 16.6. The summed E-state index contributed by atoms with van der Waals surface area (Å²) in [5.74, 6) is -0.209. The minimum Gasteiger partial charge on any atom is -0.507 e. The number of ketones is 1. The lowest BCUT2D eigenvalue weighted by Crippen LogP contribution is -2.29. The van der Waals surface area contributed by atoms with Crippen LogP contribution in [-0.2, 0) is 16.1 Å². The molecule has 2 aliphatic heterocycles. The minimum atomic E-state index is -0.738. The van der Waals surface area contributed by atoms with Crippen LogP contribution in [0.25, 0.3) is 5.76 Å². The Kier molecular flexibility index (Phi) is 5.99. The molecule has 7 nitrogen and oxygen atoms in total. The van der Waals surface area contributed by atoms with Crippen LogP contribution < -0.4 is 9.47 Å². The zero-order chi connectivity index (χ0) is 24.5. The number of carbonyl (C=O) groups excluding carboxylic acids is 2. The summed E-state index contributed by atoms with van der Waals surface area (Å²) in [4.78, 5) is 32.0. The summed E-state index contributed by atoms with van der Waals surface area (Å²) in [5, 5.41) is 11.3. The van der Waals surface area contributed by atoms with Gasteiger partial charge >= 0.3 is 0 Å². The van der Waals surface area contributed by atoms with Gasteiger partial charge in [0.05, 0.1) is 11.6 Å². The SMILES string of the molecule is CC(C)c1ccc([C@@H]2/C(=C(\O)c3ccc4c(c3)OCCO4)C(=O)C(=O)N2Cc2ccncc2)cc1. The highest BCUT2D eigenvalue weighted by molar-refractivity contribution is 6.46. The third-order valence-corrected chi connectivity index (χ3v) is 6.38. The molecule has 0 saturated carbocycles. The Labute approximate surface area is 203 Å². The van der Waals surface area contributed by atoms with Crippen molar-refractivity contribution in [2.24, 2.45) is 0 Å². The van der Waals surface area contributed by atoms with Gasteiger partial charge in [-0.3, -0.25) is 14.6 Å². The van der Waals surface area contributed by atoms with E-state index in [4.69, 9.17) is 9.47 Å². The molecule has 7 heteroatoms. The van der Waals surface area contributed by atoms with Gasteiger partial charge in [-0.05, 0) is 52.9 Å². The Hall–Kier alpha value is -4.13. The van der Waals surface area contributed by atoms with Crippen LogP contribution in [0.5, 0.6) is 11.5 Å². The number of aromatic nitrogens is 1. The molecule has 1 aromatic heterocycles. The van der Waals surface area contributed by atoms with Gasteiger partial charge < -0.3 is 19.5 Å². The summed E-state index contributed by atoms with van der Waals surface area (Å²) in [7, 11) is 0. The molecule has 5 rings (SSSR count). The third-order valence-electron chi connectivity index (χ3n) is 6.38. The van der Waals surface area contributed by atoms with Crippen molar-refractivity contribution in [3.63, 3.8) is 0 Å². The third kappa shape index (κ3) is 4.25. The number of aliphatic hydroxyl groups is 1. The van der Waals surface area contributed by atoms with E-state index < -0.39 is 17.7 Å². The van der Waals surface area contributed by atoms with Crippen molar-refractivity contribution in [2.75, 3.05) is 13.2 Å². The molecule has 0 unspecified atom stereocenters. The fourth-order valence-electron chi connectivity index (χ4n) is 4.48. The molecule has 0 bridgehead atoms. The fraction of sp³-hybridized carbons (Fsp3) is 0.250. The van der Waals surface area contributed by atoms with Gasteiger partial charge in [-0.15, -0.1) is 0 Å². The van der Waals surface area contributed by atoms with E-state index in [1.165, 1.54) is 4.90 Å². The number of amides is 1. The van der Waals surface area contributed by atoms with Crippen molar-refractivity contribution >= 4 is 17.4 Å². The quantitative estimate of drug-likeness (QED) is 0.333. The Morgan fingerprint density at radius 1 is 1.00 bits per heavy atom. The van der Waals surface area contributed by atoms with Gasteiger partial charge in [0.2, 0.25) is 0 Å². The number of nitrogens with zero attached hydrogens (tertiary/aromatic N) is 2. The summed E-state index contributed by atoms with van der Waals surface area (Å²) in [6, 6.07) is 15.7. The maximum absolute atomic E-state index is 13.3. The summed E-state index contributed by atoms with van der Waals surface area (Å²) in [6.07, 6.45) is 3.29. The fourth-order valence-corrected chi connectivity index (χ4v) is 4.48. The van der Waals surface area contributed by atoms with Gasteiger partial charge in [-0.25, -0.2) is 0 Å². The molecule has 1 saturated heterocycles. The largest absolute Gasteiger partial charge is 0.507 e. The van der Waals surface area contributed by atoms with Crippen LogP contribution in [0.1, 0.15) is 48.1 Å². The lowest BCUT2D eigenvalue weighted by atomic mass is 9.93. The number of aliphatic hydroxyl groups excluding tert-OH is 1. The van der Waals surface area contributed by atoms with Crippen molar-refractivity contribution < 1.29 is 24.2 Å². The molecule has 1 fully saturated rings. The first-order chi connectivity index (χ1) is 16.9. The summed E-state index contributed by atoms with van der Waals surface area (Å²) in [6.45, 7) is 5.26. The highest BCUT2D eigenvalue weighted by Gasteiger charge is 2.46. The van der Waals surface area contributed by atoms with Crippen molar-refractivity contribution in [2.45, 2.75) is 32.4 Å². The molecule has 0 spiro atoms. The average molecular weight is 471 g/mol. The monoisotopic (exact) mass is 470 g/mol. The number of benzene rings is 2. The molecule has 2 aliphatic rings. The Bertz CT molecular complexity index is 1300. The highest BCUT2D eigenvalue weighted by Crippen LogP contribution is 2.42. The first kappa shape index (κ1) is 22.7. The molecule has 3 heterocycles. The Balaban J connectivity index is 1.62. The van der Waals surface area contributed by atoms with E-state index in [2.05, 4.69) is 18.8 Å². The molecular formula is C28H26N2O5. The van der Waals surface area contributed by atoms with E-state index in [1.807, 2.05) is 24.3 Å². The number of carbonyl (C=O) groups is 2. The second kappa shape index (κ2) is 9.25. The van der Waals surface area contributed by atoms with Gasteiger partial charge in [0.25, 0.3) is 11.7 Å². The van der Waals surface area contributed by atoms with Crippen LogP contribution in [0.4, 0.5) is 0 Å². The zero-order valence-electron chi connectivity index (χ0n) is 19.6. The van der Waals surface area contributed by atoms with Crippen molar-refractivity contribution in [3.8, 4) is 11.5 Å². The van der Waals surface area contributed by atoms with Crippen molar-refractivity contribution in [1.82, 2.24) is 9.88 Å². The maximum atomic E-state index is 13.3. The smallest absolute Gasteiger partial charge is 0.295 e. The van der Waals surface area contributed by atoms with Gasteiger partial charge in [-0.1, -0.05) is 38.1 Å². The second-order valence-corrected chi connectivity index (χ2v) is 8.96. The molecule has 1 N–H and O–H groups in total. The summed E-state index contributed by atoms with van der Waals surface area (Å²) >= 11 is 0. The van der Waals surface area contributed by atoms with Crippen molar-refractivity contribution in [1.29, 1.82) is 0 Å². The van der Waals surface area contributed by atoms with Crippen LogP contribution in [0.2, 0.25) is 0 Å². The van der Waals surface area contributed by atoms with E-state index in [1.54, 1.807) is 42.7 Å². The lowest BCUT2D eigenvalue weighted by Gasteiger charge is -2.26. The zero-order valence-corrected chi connectivity index (χ0v) is 19.6. The second-order valence-electron chi connectivity index (χ2n) is 8.96. The molecule has 3 aromatic rings. The summed E-state index contributed by atoms with van der Waals surface area (Å²) < 4.78 is 11.2. The van der Waals surface area contributed by atoms with E-state index in [0.717, 1.165) is 16.7 Å². The van der Waals surface area contributed by atoms with E-state index >= 15 is 0 Å². The number of hydrogen-bond donors (Lipinski definition) is 1. The normalized spacial score (nSPS) is 18.8. The molecule has 1 amide bonds. The number of fused-ring (bicyclic) bond motifs is 1. The number of ether oxygens (including phenoxy) is 2. The number of pyridine rings is 1. The summed E-state index contributed by atoms with van der Waals surface area (Å²) in [5.41, 5.74) is 3.18. The van der Waals surface area contributed by atoms with Crippen LogP contribution in [-0.4, -0.2) is 39.9 Å². The molecule has 35 heavy (non-hydrogen) atoms. The van der Waals surface area contributed by atoms with Crippen molar-refractivity contribution in [3.05, 3.63) is 94.8 Å². The lowest BCUT2D eigenvalue weighted by molar-refractivity contribution is -0.140. The molecular weight excluding hydrogens is 444 g/mol. The first-order valence-electron chi connectivity index (χ1n) is 11.6. The standard InChI is InChI=1S/C28H26N2O5/c1-17(2)19-3-5-20(6-4-19)25-24(26(31)21-7-8-22-23(15-21)35-14-13-34-22)27(32)28(33)30(25)16-18-9-11-29-12-10-18/h3-12,15,17,25,31H,13-14,16H2,1-2H3/b26-24+/t25-/m1/s1. The topological polar surface area (TPSA) is 89.0 Å². The molecule has 0 radical (unpaired) electrons. The first-order valence-corrected chi connectivity index (χ1v) is 11.6. The van der Waals surface area contributed by atoms with Gasteiger partial charge in [-0.2, -0.15) is 0 Å². The van der Waals surface area contributed by atoms with Gasteiger partial charge in [0.15, 0.2) is 11.5 Å². The van der Waals surface area contributed by atoms with Crippen LogP contribution in [0, 0.1) is 0 Å². The average Bonchev–Trinajstić information content (AvgIpc) is 3.13. The maximum Gasteiger partial charge on any atom is 0.295 e. The Morgan fingerprint density at radius 2 is 1.69 bits per heavy atom. The number of hydrogen-bond acceptors (Lipinski definition) is 6. The van der Waals surface area contributed by atoms with Gasteiger partial charge in [0.1, 0.15) is 19.0 Å². The van der Waals surface area contributed by atoms with E-state index in [0.29, 0.717) is 36.2 Å². The molecule has 178 valence electrons. The van der Waals surface area contributed by atoms with Crippen LogP contribution in [0.3, 0.4) is 0 Å². The van der Waals surface area contributed by atoms with E-state index in [-0.39, 0.29) is 17.9 Å². The molecule has 2 aromatic carbocycles. The number of Topliss-reactive ketones (excluding diaryl/α,β-unsaturated/α-hetero) is 1. The number of likely N-dealkylation sites (tertiary alicyclic amines) is 1. The number of rotatable bonds is 5. The van der Waals surface area contributed by atoms with E-state index in [9.17, 15) is 14.7 Å².